The Hall–Kier alpha value is -9.18. The molecule has 17 N–H and O–H groups in total. The zero-order chi connectivity index (χ0) is 61.9. The molecule has 28 heteroatoms. The fraction of sp³-hybridized carbons (Fsp3) is 0.474. The molecule has 0 unspecified atom stereocenters. The molecule has 2 aromatic carbocycles. The van der Waals surface area contributed by atoms with Crippen molar-refractivity contribution in [3.8, 4) is 0 Å². The lowest BCUT2D eigenvalue weighted by atomic mass is 9.96. The van der Waals surface area contributed by atoms with E-state index in [0.29, 0.717) is 51.5 Å². The van der Waals surface area contributed by atoms with Crippen LogP contribution in [0.1, 0.15) is 83.0 Å². The maximum atomic E-state index is 14.5. The van der Waals surface area contributed by atoms with Crippen molar-refractivity contribution in [1.82, 2.24) is 67.4 Å². The van der Waals surface area contributed by atoms with E-state index in [1.165, 1.54) is 17.4 Å². The molecule has 0 bridgehead atoms. The zero-order valence-corrected chi connectivity index (χ0v) is 47.8. The van der Waals surface area contributed by atoms with Crippen molar-refractivity contribution in [3.05, 3.63) is 90.3 Å². The Kier molecular flexibility index (Phi) is 23.6. The summed E-state index contributed by atoms with van der Waals surface area (Å²) >= 11 is 0. The van der Waals surface area contributed by atoms with Crippen LogP contribution in [0.15, 0.2) is 73.4 Å². The number of para-hydroxylation sites is 2. The van der Waals surface area contributed by atoms with Crippen molar-refractivity contribution in [2.75, 3.05) is 26.2 Å². The summed E-state index contributed by atoms with van der Waals surface area (Å²) in [5.74, 6) is -9.76. The molecule has 1 aliphatic rings. The number of amides is 10. The van der Waals surface area contributed by atoms with Gasteiger partial charge in [0.25, 0.3) is 0 Å². The minimum atomic E-state index is -1.74. The number of aliphatic carboxylic acids is 1. The molecule has 0 spiro atoms. The Bertz CT molecular complexity index is 3180. The molecule has 4 heterocycles. The summed E-state index contributed by atoms with van der Waals surface area (Å²) in [4.78, 5) is 163. The van der Waals surface area contributed by atoms with Crippen LogP contribution in [0.4, 0.5) is 0 Å². The molecule has 458 valence electrons. The van der Waals surface area contributed by atoms with Crippen molar-refractivity contribution >= 4 is 86.8 Å². The second-order valence-corrected chi connectivity index (χ2v) is 21.6. The number of nitrogens with one attached hydrogen (secondary N) is 11. The van der Waals surface area contributed by atoms with Crippen molar-refractivity contribution in [1.29, 1.82) is 0 Å². The second-order valence-electron chi connectivity index (χ2n) is 21.6. The Balaban J connectivity index is 1.19. The number of carbonyl (C=O) groups is 11. The fourth-order valence-corrected chi connectivity index (χ4v) is 9.96. The summed E-state index contributed by atoms with van der Waals surface area (Å²) in [6, 6.07) is 3.73. The van der Waals surface area contributed by atoms with E-state index in [1.807, 2.05) is 13.8 Å². The lowest BCUT2D eigenvalue weighted by Gasteiger charge is -2.31. The monoisotopic (exact) mass is 1180 g/mol. The minimum absolute atomic E-state index is 0.113. The number of aliphatic hydroxyl groups excluding tert-OH is 1. The molecular formula is C57H77N15O13. The first kappa shape index (κ1) is 65.0. The van der Waals surface area contributed by atoms with Crippen LogP contribution in [0, 0.1) is 11.8 Å². The maximum absolute atomic E-state index is 14.5. The van der Waals surface area contributed by atoms with E-state index in [2.05, 4.69) is 62.5 Å². The molecule has 9 atom stereocenters. The Labute approximate surface area is 489 Å². The van der Waals surface area contributed by atoms with Gasteiger partial charge < -0.3 is 84.1 Å². The van der Waals surface area contributed by atoms with Gasteiger partial charge in [-0.2, -0.15) is 0 Å². The van der Waals surface area contributed by atoms with E-state index in [9.17, 15) is 57.8 Å². The molecule has 28 nitrogen and oxygen atoms in total. The first-order chi connectivity index (χ1) is 40.6. The summed E-state index contributed by atoms with van der Waals surface area (Å²) in [5, 5.41) is 41.9. The number of nitrogens with two attached hydrogens (primary N) is 2. The minimum Gasteiger partial charge on any atom is -0.480 e. The average molecular weight is 1180 g/mol. The summed E-state index contributed by atoms with van der Waals surface area (Å²) in [6.07, 6.45) is 6.55. The molecule has 1 saturated heterocycles. The highest BCUT2D eigenvalue weighted by Gasteiger charge is 2.40. The van der Waals surface area contributed by atoms with Crippen molar-refractivity contribution < 1.29 is 63.0 Å². The first-order valence-corrected chi connectivity index (χ1v) is 28.2. The molecule has 0 aliphatic carbocycles. The van der Waals surface area contributed by atoms with Gasteiger partial charge in [0.2, 0.25) is 59.1 Å². The van der Waals surface area contributed by atoms with E-state index in [4.69, 9.17) is 16.6 Å². The number of aromatic nitrogens is 4. The van der Waals surface area contributed by atoms with Crippen LogP contribution in [-0.4, -0.2) is 175 Å². The third-order valence-electron chi connectivity index (χ3n) is 14.7. The molecule has 3 aromatic heterocycles. The largest absolute Gasteiger partial charge is 0.480 e. The van der Waals surface area contributed by atoms with Crippen molar-refractivity contribution in [2.24, 2.45) is 23.3 Å². The van der Waals surface area contributed by atoms with Gasteiger partial charge in [-0.25, -0.2) is 4.98 Å². The van der Waals surface area contributed by atoms with Gasteiger partial charge in [-0.15, -0.1) is 0 Å². The van der Waals surface area contributed by atoms with Gasteiger partial charge in [0.05, 0.1) is 25.5 Å². The third-order valence-corrected chi connectivity index (χ3v) is 14.7. The first-order valence-electron chi connectivity index (χ1n) is 28.2. The van der Waals surface area contributed by atoms with Crippen LogP contribution in [-0.2, 0) is 72.0 Å². The van der Waals surface area contributed by atoms with Gasteiger partial charge in [0.15, 0.2) is 0 Å². The van der Waals surface area contributed by atoms with E-state index < -0.39 is 139 Å². The second kappa shape index (κ2) is 30.9. The Morgan fingerprint density at radius 1 is 0.682 bits per heavy atom. The maximum Gasteiger partial charge on any atom is 0.322 e. The summed E-state index contributed by atoms with van der Waals surface area (Å²) < 4.78 is 0. The molecule has 0 radical (unpaired) electrons. The van der Waals surface area contributed by atoms with E-state index >= 15 is 0 Å². The predicted molar refractivity (Wildman–Crippen MR) is 309 cm³/mol. The molecule has 6 rings (SSSR count). The van der Waals surface area contributed by atoms with Gasteiger partial charge in [0, 0.05) is 78.3 Å². The van der Waals surface area contributed by atoms with Gasteiger partial charge in [-0.05, 0) is 60.8 Å². The average Bonchev–Trinajstić information content (AvgIpc) is 3.95. The number of H-pyrrole nitrogens is 3. The topological polar surface area (TPSA) is 440 Å². The number of likely N-dealkylation sites (tertiary alicyclic amines) is 1. The number of hydrogen-bond acceptors (Lipinski definition) is 14. The van der Waals surface area contributed by atoms with Crippen LogP contribution in [0.3, 0.4) is 0 Å². The lowest BCUT2D eigenvalue weighted by molar-refractivity contribution is -0.143. The predicted octanol–water partition coefficient (Wildman–Crippen LogP) is -1.71. The number of carboxylic acids is 1. The number of aromatic amines is 3. The molecule has 1 aliphatic heterocycles. The van der Waals surface area contributed by atoms with Crippen LogP contribution in [0.25, 0.3) is 21.8 Å². The molecule has 5 aromatic rings. The molecule has 1 fully saturated rings. The number of benzene rings is 2. The van der Waals surface area contributed by atoms with Gasteiger partial charge in [-0.1, -0.05) is 70.5 Å². The fourth-order valence-electron chi connectivity index (χ4n) is 9.96. The van der Waals surface area contributed by atoms with E-state index in [1.54, 1.807) is 74.8 Å². The van der Waals surface area contributed by atoms with Crippen LogP contribution in [0.5, 0.6) is 0 Å². The van der Waals surface area contributed by atoms with E-state index in [0.717, 1.165) is 0 Å². The number of carboxylic acid groups (broad SMARTS) is 1. The summed E-state index contributed by atoms with van der Waals surface area (Å²) in [7, 11) is 0. The number of hydrogen-bond donors (Lipinski definition) is 15. The SMILES string of the molecule is CC[C@H](C)[C@H](NC(=O)CNC(=O)[C@H](Cc1c[nH]c2ccccc12)NC(=O)[C@H](CO)NC(=O)[C@H](Cc1c[nH]c2ccccc12)NC(=O)[C@H](Cc1cnc[nH]1)NC(=O)[C@@H](N)CCC(N)=O)C(=O)N[C@@H](CC(C)C)C(=O)N1CCC[C@H]1C(=O)NCC(=O)O. The number of fused-ring (bicyclic) bond motifs is 2. The summed E-state index contributed by atoms with van der Waals surface area (Å²) in [5.41, 5.74) is 14.3. The van der Waals surface area contributed by atoms with Crippen LogP contribution < -0.4 is 54.0 Å². The van der Waals surface area contributed by atoms with Crippen molar-refractivity contribution in [3.63, 3.8) is 0 Å². The van der Waals surface area contributed by atoms with Gasteiger partial charge in [0.1, 0.15) is 48.8 Å². The van der Waals surface area contributed by atoms with Gasteiger partial charge in [-0.3, -0.25) is 52.7 Å². The number of primary amides is 1. The number of rotatable bonds is 32. The Morgan fingerprint density at radius 3 is 1.79 bits per heavy atom. The normalized spacial score (nSPS) is 15.9. The number of aliphatic hydroxyl groups is 1. The number of nitrogens with zero attached hydrogens (tertiary/aromatic N) is 2. The smallest absolute Gasteiger partial charge is 0.322 e. The highest BCUT2D eigenvalue weighted by Crippen LogP contribution is 2.23. The standard InChI is InChI=1S/C57H77N15O13/c1-5-31(4)49(56(84)69-43(19-30(2)3)57(85)72-18-10-15-45(72)55(83)64-27-48(76)77)71-47(75)26-63-51(79)40(20-32-23-61-38-13-8-6-11-35(32)38)67-54(82)44(28-73)70-52(80)41(21-33-24-62-39-14-9-7-12-36(33)39)68-53(81)42(22-34-25-60-29-65-34)66-50(78)37(58)16-17-46(59)74/h6-9,11-14,23-25,29-31,37,40-45,49,61-62,73H,5,10,15-22,26-28,58H2,1-4H3,(H2,59,74)(H,60,65)(H,63,79)(H,64,83)(H,66,78)(H,67,82)(H,68,81)(H,69,84)(H,70,80)(H,71,75)(H,76,77)/t31-,37-,40-,41-,42-,43-,44-,45-,49-/m0/s1. The van der Waals surface area contributed by atoms with Gasteiger partial charge >= 0.3 is 5.97 Å². The number of carbonyl (C=O) groups excluding carboxylic acids is 10. The molecule has 10 amide bonds. The van der Waals surface area contributed by atoms with Crippen LogP contribution >= 0.6 is 0 Å². The Morgan fingerprint density at radius 2 is 1.24 bits per heavy atom. The number of imidazole rings is 1. The molecule has 85 heavy (non-hydrogen) atoms. The van der Waals surface area contributed by atoms with Crippen LogP contribution in [0.2, 0.25) is 0 Å². The molecule has 0 saturated carbocycles. The summed E-state index contributed by atoms with van der Waals surface area (Å²) in [6.45, 7) is 5.04. The molecular weight excluding hydrogens is 1100 g/mol. The van der Waals surface area contributed by atoms with E-state index in [-0.39, 0.29) is 57.4 Å². The quantitative estimate of drug-likeness (QED) is 0.0228. The highest BCUT2D eigenvalue weighted by atomic mass is 16.4. The highest BCUT2D eigenvalue weighted by molar-refractivity contribution is 5.99. The lowest BCUT2D eigenvalue weighted by Crippen LogP contribution is -2.60. The zero-order valence-electron chi connectivity index (χ0n) is 47.8. The third kappa shape index (κ3) is 18.4. The van der Waals surface area contributed by atoms with Crippen molar-refractivity contribution in [2.45, 2.75) is 134 Å².